The van der Waals surface area contributed by atoms with E-state index in [0.717, 1.165) is 11.7 Å². The van der Waals surface area contributed by atoms with Gasteiger partial charge in [-0.05, 0) is 25.1 Å². The van der Waals surface area contributed by atoms with Crippen molar-refractivity contribution in [3.8, 4) is 0 Å². The Morgan fingerprint density at radius 3 is 2.60 bits per heavy atom. The lowest BCUT2D eigenvalue weighted by atomic mass is 10.1. The van der Waals surface area contributed by atoms with Crippen molar-refractivity contribution in [2.24, 2.45) is 0 Å². The topological polar surface area (TPSA) is 32.3 Å². The Hall–Kier alpha value is -1.70. The van der Waals surface area contributed by atoms with Gasteiger partial charge in [-0.15, -0.1) is 0 Å². The molecule has 2 nitrogen and oxygen atoms in total. The molecule has 77 valence electrons. The van der Waals surface area contributed by atoms with Crippen LogP contribution in [0.15, 0.2) is 48.3 Å². The van der Waals surface area contributed by atoms with Crippen molar-refractivity contribution in [2.45, 2.75) is 13.3 Å². The van der Waals surface area contributed by atoms with Gasteiger partial charge in [-0.1, -0.05) is 29.8 Å². The van der Waals surface area contributed by atoms with Crippen LogP contribution in [0.2, 0.25) is 0 Å². The summed E-state index contributed by atoms with van der Waals surface area (Å²) < 4.78 is 0. The van der Waals surface area contributed by atoms with Crippen molar-refractivity contribution in [3.63, 3.8) is 0 Å². The number of hydrogen-bond donors (Lipinski definition) is 2. The third-order valence-corrected chi connectivity index (χ3v) is 2.31. The number of allylic oxidation sites excluding steroid dienone is 2. The number of aliphatic hydroxyl groups excluding tert-OH is 1. The van der Waals surface area contributed by atoms with Gasteiger partial charge in [0.25, 0.3) is 0 Å². The molecular weight excluding hydrogens is 186 g/mol. The summed E-state index contributed by atoms with van der Waals surface area (Å²) in [6.07, 6.45) is 6.10. The van der Waals surface area contributed by atoms with E-state index in [1.54, 1.807) is 6.08 Å². The van der Waals surface area contributed by atoms with Gasteiger partial charge in [0.05, 0.1) is 11.8 Å². The fraction of sp³-hybridized carbons (Fsp3) is 0.154. The van der Waals surface area contributed by atoms with Gasteiger partial charge in [0.15, 0.2) is 0 Å². The van der Waals surface area contributed by atoms with Gasteiger partial charge in [-0.3, -0.25) is 0 Å². The van der Waals surface area contributed by atoms with E-state index in [2.05, 4.69) is 24.4 Å². The van der Waals surface area contributed by atoms with E-state index in [1.165, 1.54) is 5.56 Å². The number of rotatable bonds is 2. The molecule has 0 saturated heterocycles. The van der Waals surface area contributed by atoms with Crippen molar-refractivity contribution in [1.29, 1.82) is 0 Å². The maximum absolute atomic E-state index is 9.35. The highest BCUT2D eigenvalue weighted by Crippen LogP contribution is 2.21. The Morgan fingerprint density at radius 2 is 1.93 bits per heavy atom. The SMILES string of the molecule is Cc1ccc(N[C]2C=CC=C(O)C2)cc1. The second kappa shape index (κ2) is 4.22. The third kappa shape index (κ3) is 2.62. The van der Waals surface area contributed by atoms with Crippen LogP contribution >= 0.6 is 0 Å². The predicted octanol–water partition coefficient (Wildman–Crippen LogP) is 3.34. The molecule has 1 aliphatic rings. The smallest absolute Gasteiger partial charge is 0.0950 e. The fourth-order valence-corrected chi connectivity index (χ4v) is 1.50. The quantitative estimate of drug-likeness (QED) is 0.767. The van der Waals surface area contributed by atoms with Gasteiger partial charge >= 0.3 is 0 Å². The first-order valence-electron chi connectivity index (χ1n) is 5.00. The minimum absolute atomic E-state index is 0.395. The molecule has 0 atom stereocenters. The molecule has 0 amide bonds. The molecule has 2 heteroatoms. The van der Waals surface area contributed by atoms with Gasteiger partial charge < -0.3 is 10.4 Å². The minimum atomic E-state index is 0.395. The molecule has 0 aliphatic heterocycles. The Balaban J connectivity index is 2.01. The summed E-state index contributed by atoms with van der Waals surface area (Å²) in [6.45, 7) is 2.06. The molecule has 1 radical (unpaired) electrons. The normalized spacial score (nSPS) is 16.2. The van der Waals surface area contributed by atoms with E-state index >= 15 is 0 Å². The molecular formula is C13H14NO. The van der Waals surface area contributed by atoms with Gasteiger partial charge in [-0.2, -0.15) is 0 Å². The van der Waals surface area contributed by atoms with Gasteiger partial charge in [0, 0.05) is 12.1 Å². The predicted molar refractivity (Wildman–Crippen MR) is 62.5 cm³/mol. The van der Waals surface area contributed by atoms with Crippen LogP contribution in [0.25, 0.3) is 0 Å². The second-order valence-electron chi connectivity index (χ2n) is 3.71. The van der Waals surface area contributed by atoms with Gasteiger partial charge in [0.2, 0.25) is 0 Å². The molecule has 0 spiro atoms. The van der Waals surface area contributed by atoms with Crippen molar-refractivity contribution in [2.75, 3.05) is 5.32 Å². The van der Waals surface area contributed by atoms with Gasteiger partial charge in [-0.25, -0.2) is 0 Å². The summed E-state index contributed by atoms with van der Waals surface area (Å²) in [6, 6.07) is 9.20. The highest BCUT2D eigenvalue weighted by atomic mass is 16.3. The van der Waals surface area contributed by atoms with E-state index < -0.39 is 0 Å². The number of hydrogen-bond acceptors (Lipinski definition) is 2. The standard InChI is InChI=1S/C13H14NO/c1-10-5-7-11(8-6-10)14-12-3-2-4-13(15)9-12/h2-8,14-15H,9H2,1H3. The molecule has 0 fully saturated rings. The molecule has 0 saturated carbocycles. The number of anilines is 1. The Bertz CT molecular complexity index is 390. The lowest BCUT2D eigenvalue weighted by molar-refractivity contribution is 0.393. The first kappa shape index (κ1) is 9.84. The largest absolute Gasteiger partial charge is 0.512 e. The molecule has 0 aromatic heterocycles. The monoisotopic (exact) mass is 200 g/mol. The fourth-order valence-electron chi connectivity index (χ4n) is 1.50. The maximum atomic E-state index is 9.35. The summed E-state index contributed by atoms with van der Waals surface area (Å²) >= 11 is 0. The van der Waals surface area contributed by atoms with E-state index in [9.17, 15) is 5.11 Å². The summed E-state index contributed by atoms with van der Waals surface area (Å²) in [4.78, 5) is 0. The maximum Gasteiger partial charge on any atom is 0.0950 e. The molecule has 15 heavy (non-hydrogen) atoms. The van der Waals surface area contributed by atoms with E-state index in [1.807, 2.05) is 24.3 Å². The molecule has 2 N–H and O–H groups in total. The van der Waals surface area contributed by atoms with Crippen molar-refractivity contribution in [3.05, 3.63) is 59.9 Å². The van der Waals surface area contributed by atoms with Crippen molar-refractivity contribution >= 4 is 5.69 Å². The zero-order valence-corrected chi connectivity index (χ0v) is 8.70. The van der Waals surface area contributed by atoms with Crippen LogP contribution in [0.1, 0.15) is 12.0 Å². The molecule has 2 rings (SSSR count). The van der Waals surface area contributed by atoms with Crippen LogP contribution in [0, 0.1) is 13.0 Å². The summed E-state index contributed by atoms with van der Waals surface area (Å²) in [5, 5.41) is 12.6. The molecule has 1 aromatic rings. The first-order chi connectivity index (χ1) is 7.24. The number of aliphatic hydroxyl groups is 1. The first-order valence-corrected chi connectivity index (χ1v) is 5.00. The molecule has 0 bridgehead atoms. The Morgan fingerprint density at radius 1 is 1.20 bits per heavy atom. The Labute approximate surface area is 89.9 Å². The number of nitrogens with one attached hydrogen (secondary N) is 1. The van der Waals surface area contributed by atoms with E-state index in [4.69, 9.17) is 0 Å². The molecule has 1 aromatic carbocycles. The minimum Gasteiger partial charge on any atom is -0.512 e. The van der Waals surface area contributed by atoms with E-state index in [0.29, 0.717) is 12.2 Å². The third-order valence-electron chi connectivity index (χ3n) is 2.31. The molecule has 0 unspecified atom stereocenters. The Kier molecular flexibility index (Phi) is 2.77. The summed E-state index contributed by atoms with van der Waals surface area (Å²) in [7, 11) is 0. The lowest BCUT2D eigenvalue weighted by Gasteiger charge is -2.17. The van der Waals surface area contributed by atoms with Crippen LogP contribution in [0.5, 0.6) is 0 Å². The molecule has 1 aliphatic carbocycles. The zero-order chi connectivity index (χ0) is 10.7. The molecule has 0 heterocycles. The summed E-state index contributed by atoms with van der Waals surface area (Å²) in [5.74, 6) is 0.395. The van der Waals surface area contributed by atoms with Crippen LogP contribution < -0.4 is 5.32 Å². The average Bonchev–Trinajstić information content (AvgIpc) is 2.22. The van der Waals surface area contributed by atoms with Crippen LogP contribution in [0.4, 0.5) is 5.69 Å². The lowest BCUT2D eigenvalue weighted by Crippen LogP contribution is -2.10. The summed E-state index contributed by atoms with van der Waals surface area (Å²) in [5.41, 5.74) is 2.29. The average molecular weight is 200 g/mol. The second-order valence-corrected chi connectivity index (χ2v) is 3.71. The number of aryl methyl sites for hydroxylation is 1. The van der Waals surface area contributed by atoms with Crippen molar-refractivity contribution < 1.29 is 5.11 Å². The highest BCUT2D eigenvalue weighted by Gasteiger charge is 2.10. The van der Waals surface area contributed by atoms with Crippen LogP contribution in [-0.4, -0.2) is 5.11 Å². The van der Waals surface area contributed by atoms with Crippen LogP contribution in [0.3, 0.4) is 0 Å². The number of benzene rings is 1. The van der Waals surface area contributed by atoms with Crippen LogP contribution in [-0.2, 0) is 0 Å². The van der Waals surface area contributed by atoms with Gasteiger partial charge in [0.1, 0.15) is 0 Å². The van der Waals surface area contributed by atoms with E-state index in [-0.39, 0.29) is 0 Å². The highest BCUT2D eigenvalue weighted by molar-refractivity contribution is 5.50. The zero-order valence-electron chi connectivity index (χ0n) is 8.70. The van der Waals surface area contributed by atoms with Crippen molar-refractivity contribution in [1.82, 2.24) is 0 Å².